The Hall–Kier alpha value is -1.62. The summed E-state index contributed by atoms with van der Waals surface area (Å²) >= 11 is 3.28. The largest absolute Gasteiger partial charge is 0.487 e. The highest BCUT2D eigenvalue weighted by Crippen LogP contribution is 2.26. The summed E-state index contributed by atoms with van der Waals surface area (Å²) < 4.78 is 32.0. The summed E-state index contributed by atoms with van der Waals surface area (Å²) in [6, 6.07) is 8.84. The van der Waals surface area contributed by atoms with Gasteiger partial charge in [-0.3, -0.25) is 0 Å². The van der Waals surface area contributed by atoms with Crippen LogP contribution in [0.25, 0.3) is 0 Å². The molecule has 0 bridgehead atoms. The van der Waals surface area contributed by atoms with E-state index in [1.54, 1.807) is 18.2 Å². The molecule has 0 aliphatic heterocycles. The summed E-state index contributed by atoms with van der Waals surface area (Å²) in [5.74, 6) is -1.26. The number of nitrogens with two attached hydrogens (primary N) is 1. The molecule has 5 heteroatoms. The van der Waals surface area contributed by atoms with Crippen LogP contribution in [0.1, 0.15) is 5.56 Å². The first kappa shape index (κ1) is 12.8. The Morgan fingerprint density at radius 1 is 1.06 bits per heavy atom. The average molecular weight is 314 g/mol. The van der Waals surface area contributed by atoms with Gasteiger partial charge in [0, 0.05) is 4.47 Å². The molecule has 0 aliphatic carbocycles. The van der Waals surface area contributed by atoms with Crippen LogP contribution in [0.2, 0.25) is 0 Å². The molecule has 0 spiro atoms. The van der Waals surface area contributed by atoms with E-state index in [-0.39, 0.29) is 6.61 Å². The Morgan fingerprint density at radius 2 is 1.83 bits per heavy atom. The maximum atomic E-state index is 13.0. The van der Waals surface area contributed by atoms with Gasteiger partial charge in [0.2, 0.25) is 0 Å². The summed E-state index contributed by atoms with van der Waals surface area (Å²) in [5, 5.41) is 0. The van der Waals surface area contributed by atoms with Gasteiger partial charge in [-0.15, -0.1) is 0 Å². The van der Waals surface area contributed by atoms with E-state index < -0.39 is 11.6 Å². The predicted octanol–water partition coefficient (Wildman–Crippen LogP) is 3.89. The molecule has 0 fully saturated rings. The zero-order valence-electron chi connectivity index (χ0n) is 9.29. The fourth-order valence-corrected chi connectivity index (χ4v) is 1.82. The second-order valence-electron chi connectivity index (χ2n) is 3.72. The molecule has 94 valence electrons. The number of ether oxygens (including phenoxy) is 1. The van der Waals surface area contributed by atoms with Gasteiger partial charge in [-0.2, -0.15) is 0 Å². The second-order valence-corrected chi connectivity index (χ2v) is 4.63. The van der Waals surface area contributed by atoms with Crippen molar-refractivity contribution in [1.82, 2.24) is 0 Å². The van der Waals surface area contributed by atoms with E-state index in [1.807, 2.05) is 0 Å². The molecule has 0 radical (unpaired) electrons. The SMILES string of the molecule is Nc1cc(Br)ccc1OCc1ccc(F)c(F)c1. The van der Waals surface area contributed by atoms with Gasteiger partial charge in [0.1, 0.15) is 12.4 Å². The minimum Gasteiger partial charge on any atom is -0.487 e. The normalized spacial score (nSPS) is 10.4. The third kappa shape index (κ3) is 2.98. The molecular weight excluding hydrogens is 304 g/mol. The van der Waals surface area contributed by atoms with Gasteiger partial charge in [0.15, 0.2) is 11.6 Å². The lowest BCUT2D eigenvalue weighted by atomic mass is 10.2. The maximum absolute atomic E-state index is 13.0. The molecule has 0 atom stereocenters. The molecule has 0 amide bonds. The van der Waals surface area contributed by atoms with Crippen LogP contribution in [0.5, 0.6) is 5.75 Å². The number of rotatable bonds is 3. The summed E-state index contributed by atoms with van der Waals surface area (Å²) in [7, 11) is 0. The Kier molecular flexibility index (Phi) is 3.81. The zero-order valence-corrected chi connectivity index (χ0v) is 10.9. The summed E-state index contributed by atoms with van der Waals surface area (Å²) in [4.78, 5) is 0. The number of hydrogen-bond acceptors (Lipinski definition) is 2. The number of hydrogen-bond donors (Lipinski definition) is 1. The highest BCUT2D eigenvalue weighted by molar-refractivity contribution is 9.10. The standard InChI is InChI=1S/C13H10BrF2NO/c14-9-2-4-13(12(17)6-9)18-7-8-1-3-10(15)11(16)5-8/h1-6H,7,17H2. The van der Waals surface area contributed by atoms with E-state index in [4.69, 9.17) is 10.5 Å². The number of nitrogen functional groups attached to an aromatic ring is 1. The summed E-state index contributed by atoms with van der Waals surface area (Å²) in [6.45, 7) is 0.128. The van der Waals surface area contributed by atoms with Crippen molar-refractivity contribution in [3.8, 4) is 5.75 Å². The van der Waals surface area contributed by atoms with E-state index in [0.29, 0.717) is 17.0 Å². The molecule has 2 rings (SSSR count). The van der Waals surface area contributed by atoms with Crippen molar-refractivity contribution in [2.75, 3.05) is 5.73 Å². The summed E-state index contributed by atoms with van der Waals surface area (Å²) in [6.07, 6.45) is 0. The van der Waals surface area contributed by atoms with Crippen LogP contribution < -0.4 is 10.5 Å². The summed E-state index contributed by atoms with van der Waals surface area (Å²) in [5.41, 5.74) is 6.77. The van der Waals surface area contributed by atoms with E-state index in [0.717, 1.165) is 16.6 Å². The average Bonchev–Trinajstić information content (AvgIpc) is 2.32. The lowest BCUT2D eigenvalue weighted by molar-refractivity contribution is 0.307. The molecule has 2 nitrogen and oxygen atoms in total. The van der Waals surface area contributed by atoms with Crippen molar-refractivity contribution < 1.29 is 13.5 Å². The van der Waals surface area contributed by atoms with Crippen molar-refractivity contribution in [1.29, 1.82) is 0 Å². The predicted molar refractivity (Wildman–Crippen MR) is 69.2 cm³/mol. The molecule has 2 aromatic rings. The first-order valence-electron chi connectivity index (χ1n) is 5.18. The van der Waals surface area contributed by atoms with Crippen molar-refractivity contribution in [2.24, 2.45) is 0 Å². The van der Waals surface area contributed by atoms with Crippen LogP contribution >= 0.6 is 15.9 Å². The Morgan fingerprint density at radius 3 is 2.50 bits per heavy atom. The highest BCUT2D eigenvalue weighted by atomic mass is 79.9. The van der Waals surface area contributed by atoms with E-state index in [9.17, 15) is 8.78 Å². The number of halogens is 3. The van der Waals surface area contributed by atoms with Gasteiger partial charge < -0.3 is 10.5 Å². The first-order chi connectivity index (χ1) is 8.56. The van der Waals surface area contributed by atoms with Gasteiger partial charge in [0.05, 0.1) is 5.69 Å². The Bertz CT molecular complexity index is 575. The monoisotopic (exact) mass is 313 g/mol. The van der Waals surface area contributed by atoms with Gasteiger partial charge in [0.25, 0.3) is 0 Å². The van der Waals surface area contributed by atoms with Gasteiger partial charge >= 0.3 is 0 Å². The smallest absolute Gasteiger partial charge is 0.159 e. The van der Waals surface area contributed by atoms with E-state index in [1.165, 1.54) is 6.07 Å². The molecule has 0 aromatic heterocycles. The van der Waals surface area contributed by atoms with Crippen LogP contribution in [-0.2, 0) is 6.61 Å². The molecule has 0 aliphatic rings. The Labute approximate surface area is 112 Å². The van der Waals surface area contributed by atoms with Gasteiger partial charge in [-0.05, 0) is 35.9 Å². The molecule has 0 unspecified atom stereocenters. The van der Waals surface area contributed by atoms with Gasteiger partial charge in [-0.25, -0.2) is 8.78 Å². The lowest BCUT2D eigenvalue weighted by Crippen LogP contribution is -1.99. The minimum absolute atomic E-state index is 0.128. The van der Waals surface area contributed by atoms with Crippen molar-refractivity contribution in [3.05, 3.63) is 58.1 Å². The molecule has 18 heavy (non-hydrogen) atoms. The van der Waals surface area contributed by atoms with Gasteiger partial charge in [-0.1, -0.05) is 22.0 Å². The fraction of sp³-hybridized carbons (Fsp3) is 0.0769. The molecule has 2 N–H and O–H groups in total. The second kappa shape index (κ2) is 5.35. The van der Waals surface area contributed by atoms with Crippen LogP contribution in [0.3, 0.4) is 0 Å². The fourth-order valence-electron chi connectivity index (χ4n) is 1.44. The quantitative estimate of drug-likeness (QED) is 0.873. The van der Waals surface area contributed by atoms with Crippen molar-refractivity contribution in [2.45, 2.75) is 6.61 Å². The van der Waals surface area contributed by atoms with Crippen LogP contribution in [0.15, 0.2) is 40.9 Å². The van der Waals surface area contributed by atoms with Crippen LogP contribution in [0.4, 0.5) is 14.5 Å². The molecule has 0 saturated heterocycles. The van der Waals surface area contributed by atoms with Crippen LogP contribution in [-0.4, -0.2) is 0 Å². The third-order valence-corrected chi connectivity index (χ3v) is 2.84. The number of anilines is 1. The molecule has 0 heterocycles. The topological polar surface area (TPSA) is 35.2 Å². The molecule has 0 saturated carbocycles. The first-order valence-corrected chi connectivity index (χ1v) is 5.97. The third-order valence-electron chi connectivity index (χ3n) is 2.35. The lowest BCUT2D eigenvalue weighted by Gasteiger charge is -2.09. The number of benzene rings is 2. The van der Waals surface area contributed by atoms with Crippen LogP contribution in [0, 0.1) is 11.6 Å². The van der Waals surface area contributed by atoms with Crippen molar-refractivity contribution in [3.63, 3.8) is 0 Å². The highest BCUT2D eigenvalue weighted by Gasteiger charge is 2.05. The van der Waals surface area contributed by atoms with Crippen molar-refractivity contribution >= 4 is 21.6 Å². The maximum Gasteiger partial charge on any atom is 0.159 e. The van der Waals surface area contributed by atoms with E-state index in [2.05, 4.69) is 15.9 Å². The molecule has 2 aromatic carbocycles. The molecular formula is C13H10BrF2NO. The minimum atomic E-state index is -0.889. The Balaban J connectivity index is 2.09. The zero-order chi connectivity index (χ0) is 13.1. The van der Waals surface area contributed by atoms with E-state index >= 15 is 0 Å².